The molecule has 0 aliphatic carbocycles. The number of hydrogen-bond acceptors (Lipinski definition) is 3. The summed E-state index contributed by atoms with van der Waals surface area (Å²) in [4.78, 5) is 12.3. The van der Waals surface area contributed by atoms with Crippen molar-refractivity contribution in [1.82, 2.24) is 0 Å². The second-order valence-electron chi connectivity index (χ2n) is 9.73. The third-order valence-corrected chi connectivity index (χ3v) is 6.15. The lowest BCUT2D eigenvalue weighted by molar-refractivity contribution is 0.0734. The molecule has 2 aromatic carbocycles. The summed E-state index contributed by atoms with van der Waals surface area (Å²) < 4.78 is 5.53. The molecule has 0 saturated carbocycles. The van der Waals surface area contributed by atoms with Crippen LogP contribution >= 0.6 is 0 Å². The van der Waals surface area contributed by atoms with E-state index in [2.05, 4.69) is 60.6 Å². The van der Waals surface area contributed by atoms with Gasteiger partial charge in [-0.1, -0.05) is 60.6 Å². The Morgan fingerprint density at radius 2 is 1.46 bits per heavy atom. The molecule has 2 rings (SSSR count). The second kappa shape index (κ2) is 8.38. The van der Waals surface area contributed by atoms with Gasteiger partial charge in [0.05, 0.1) is 5.56 Å². The van der Waals surface area contributed by atoms with Gasteiger partial charge in [0.1, 0.15) is 5.75 Å². The molecule has 0 aliphatic heterocycles. The SMILES string of the molecule is CC(C)CC(c1ccc(OC(=O)c2ccc(N)cc2)cc1)C(C)(C)C(C)(C)C. The molecular formula is C25H35NO2. The van der Waals surface area contributed by atoms with E-state index in [1.54, 1.807) is 24.3 Å². The van der Waals surface area contributed by atoms with Gasteiger partial charge in [0.25, 0.3) is 0 Å². The second-order valence-corrected chi connectivity index (χ2v) is 9.73. The van der Waals surface area contributed by atoms with Gasteiger partial charge >= 0.3 is 5.97 Å². The van der Waals surface area contributed by atoms with Gasteiger partial charge in [-0.05, 0) is 71.0 Å². The van der Waals surface area contributed by atoms with Crippen molar-refractivity contribution in [3.8, 4) is 5.75 Å². The van der Waals surface area contributed by atoms with Crippen molar-refractivity contribution in [2.24, 2.45) is 16.7 Å². The summed E-state index contributed by atoms with van der Waals surface area (Å²) in [6.07, 6.45) is 1.12. The molecule has 3 heteroatoms. The minimum Gasteiger partial charge on any atom is -0.423 e. The van der Waals surface area contributed by atoms with Crippen molar-refractivity contribution in [1.29, 1.82) is 0 Å². The molecule has 0 bridgehead atoms. The number of hydrogen-bond donors (Lipinski definition) is 1. The van der Waals surface area contributed by atoms with E-state index in [9.17, 15) is 4.79 Å². The summed E-state index contributed by atoms with van der Waals surface area (Å²) in [5, 5.41) is 0. The van der Waals surface area contributed by atoms with E-state index in [0.717, 1.165) is 6.42 Å². The number of nitrogens with two attached hydrogens (primary N) is 1. The Kier molecular flexibility index (Phi) is 6.59. The summed E-state index contributed by atoms with van der Waals surface area (Å²) in [6.45, 7) is 16.2. The molecule has 0 fully saturated rings. The highest BCUT2D eigenvalue weighted by Gasteiger charge is 2.40. The van der Waals surface area contributed by atoms with Gasteiger partial charge in [0.15, 0.2) is 0 Å². The molecule has 1 unspecified atom stereocenters. The van der Waals surface area contributed by atoms with Crippen molar-refractivity contribution in [2.75, 3.05) is 5.73 Å². The van der Waals surface area contributed by atoms with Gasteiger partial charge in [-0.25, -0.2) is 4.79 Å². The lowest BCUT2D eigenvalue weighted by Gasteiger charge is -2.46. The zero-order chi connectivity index (χ0) is 21.1. The van der Waals surface area contributed by atoms with Crippen LogP contribution in [0, 0.1) is 16.7 Å². The quantitative estimate of drug-likeness (QED) is 0.344. The van der Waals surface area contributed by atoms with E-state index in [4.69, 9.17) is 10.5 Å². The first-order valence-corrected chi connectivity index (χ1v) is 10.1. The molecule has 2 N–H and O–H groups in total. The van der Waals surface area contributed by atoms with E-state index < -0.39 is 0 Å². The maximum absolute atomic E-state index is 12.3. The topological polar surface area (TPSA) is 52.3 Å². The molecule has 152 valence electrons. The molecule has 0 spiro atoms. The summed E-state index contributed by atoms with van der Waals surface area (Å²) in [5.74, 6) is 1.22. The first-order chi connectivity index (χ1) is 12.9. The average Bonchev–Trinajstić information content (AvgIpc) is 2.60. The number of ether oxygens (including phenoxy) is 1. The smallest absolute Gasteiger partial charge is 0.343 e. The number of anilines is 1. The number of rotatable bonds is 6. The molecule has 0 radical (unpaired) electrons. The highest BCUT2D eigenvalue weighted by atomic mass is 16.5. The first-order valence-electron chi connectivity index (χ1n) is 10.1. The maximum atomic E-state index is 12.3. The zero-order valence-electron chi connectivity index (χ0n) is 18.4. The van der Waals surface area contributed by atoms with Crippen molar-refractivity contribution >= 4 is 11.7 Å². The molecule has 0 saturated heterocycles. The number of benzene rings is 2. The molecule has 1 atom stereocenters. The Balaban J connectivity index is 2.22. The largest absolute Gasteiger partial charge is 0.423 e. The fourth-order valence-electron chi connectivity index (χ4n) is 3.39. The van der Waals surface area contributed by atoms with Crippen LogP contribution in [-0.2, 0) is 0 Å². The Morgan fingerprint density at radius 1 is 0.929 bits per heavy atom. The average molecular weight is 382 g/mol. The highest BCUT2D eigenvalue weighted by Crippen LogP contribution is 2.51. The summed E-state index contributed by atoms with van der Waals surface area (Å²) in [6, 6.07) is 14.8. The summed E-state index contributed by atoms with van der Waals surface area (Å²) in [7, 11) is 0. The predicted octanol–water partition coefficient (Wildman–Crippen LogP) is 6.69. The van der Waals surface area contributed by atoms with Crippen molar-refractivity contribution in [3.05, 3.63) is 59.7 Å². The molecule has 0 aliphatic rings. The molecule has 3 nitrogen and oxygen atoms in total. The van der Waals surface area contributed by atoms with Crippen molar-refractivity contribution in [2.45, 2.75) is 60.8 Å². The van der Waals surface area contributed by atoms with Crippen LogP contribution in [0.3, 0.4) is 0 Å². The van der Waals surface area contributed by atoms with Crippen molar-refractivity contribution in [3.63, 3.8) is 0 Å². The fraction of sp³-hybridized carbons (Fsp3) is 0.480. The molecule has 0 aromatic heterocycles. The Bertz CT molecular complexity index is 781. The molecule has 0 amide bonds. The van der Waals surface area contributed by atoms with Crippen LogP contribution in [0.15, 0.2) is 48.5 Å². The van der Waals surface area contributed by atoms with Gasteiger partial charge in [-0.15, -0.1) is 0 Å². The van der Waals surface area contributed by atoms with Gasteiger partial charge in [-0.3, -0.25) is 0 Å². The lowest BCUT2D eigenvalue weighted by atomic mass is 9.59. The first kappa shape index (κ1) is 22.0. The van der Waals surface area contributed by atoms with Gasteiger partial charge < -0.3 is 10.5 Å². The van der Waals surface area contributed by atoms with Gasteiger partial charge in [0, 0.05) is 5.69 Å². The van der Waals surface area contributed by atoms with E-state index in [1.165, 1.54) is 5.56 Å². The summed E-state index contributed by atoms with van der Waals surface area (Å²) in [5.41, 5.74) is 8.38. The van der Waals surface area contributed by atoms with E-state index in [-0.39, 0.29) is 16.8 Å². The number of nitrogen functional groups attached to an aromatic ring is 1. The molecular weight excluding hydrogens is 346 g/mol. The predicted molar refractivity (Wildman–Crippen MR) is 118 cm³/mol. The van der Waals surface area contributed by atoms with Crippen LogP contribution in [0.1, 0.15) is 76.7 Å². The monoisotopic (exact) mass is 381 g/mol. The van der Waals surface area contributed by atoms with Crippen molar-refractivity contribution < 1.29 is 9.53 Å². The third-order valence-electron chi connectivity index (χ3n) is 6.15. The van der Waals surface area contributed by atoms with Gasteiger partial charge in [-0.2, -0.15) is 0 Å². The van der Waals surface area contributed by atoms with Crippen LogP contribution in [-0.4, -0.2) is 5.97 Å². The van der Waals surface area contributed by atoms with Crippen LogP contribution < -0.4 is 10.5 Å². The number of carbonyl (C=O) groups is 1. The Labute approximate surface area is 170 Å². The van der Waals surface area contributed by atoms with Crippen LogP contribution in [0.2, 0.25) is 0 Å². The van der Waals surface area contributed by atoms with E-state index in [0.29, 0.717) is 28.8 Å². The fourth-order valence-corrected chi connectivity index (χ4v) is 3.39. The Morgan fingerprint density at radius 3 is 1.93 bits per heavy atom. The van der Waals surface area contributed by atoms with Gasteiger partial charge in [0.2, 0.25) is 0 Å². The lowest BCUT2D eigenvalue weighted by Crippen LogP contribution is -2.36. The van der Waals surface area contributed by atoms with Crippen LogP contribution in [0.25, 0.3) is 0 Å². The molecule has 2 aromatic rings. The number of esters is 1. The minimum absolute atomic E-state index is 0.124. The minimum atomic E-state index is -0.374. The highest BCUT2D eigenvalue weighted by molar-refractivity contribution is 5.91. The maximum Gasteiger partial charge on any atom is 0.343 e. The number of carbonyl (C=O) groups excluding carboxylic acids is 1. The molecule has 0 heterocycles. The summed E-state index contributed by atoms with van der Waals surface area (Å²) >= 11 is 0. The normalized spacial score (nSPS) is 13.4. The third kappa shape index (κ3) is 5.15. The van der Waals surface area contributed by atoms with E-state index >= 15 is 0 Å². The Hall–Kier alpha value is -2.29. The van der Waals surface area contributed by atoms with Crippen LogP contribution in [0.5, 0.6) is 5.75 Å². The zero-order valence-corrected chi connectivity index (χ0v) is 18.4. The van der Waals surface area contributed by atoms with Crippen LogP contribution in [0.4, 0.5) is 5.69 Å². The standard InChI is InChI=1S/C25H35NO2/c1-17(2)16-22(25(6,7)24(3,4)5)18-10-14-21(15-11-18)28-23(27)19-8-12-20(26)13-9-19/h8-15,17,22H,16,26H2,1-7H3. The van der Waals surface area contributed by atoms with E-state index in [1.807, 2.05) is 12.1 Å². The molecule has 28 heavy (non-hydrogen) atoms.